The van der Waals surface area contributed by atoms with E-state index < -0.39 is 5.97 Å². The lowest BCUT2D eigenvalue weighted by Crippen LogP contribution is -2.20. The van der Waals surface area contributed by atoms with Gasteiger partial charge >= 0.3 is 5.97 Å². The lowest BCUT2D eigenvalue weighted by Gasteiger charge is -2.17. The van der Waals surface area contributed by atoms with E-state index >= 15 is 0 Å². The molecule has 1 N–H and O–H groups in total. The zero-order chi connectivity index (χ0) is 23.0. The van der Waals surface area contributed by atoms with Crippen molar-refractivity contribution < 1.29 is 14.6 Å². The van der Waals surface area contributed by atoms with Crippen molar-refractivity contribution in [1.82, 2.24) is 4.90 Å². The first-order valence-electron chi connectivity index (χ1n) is 11.5. The molecule has 1 saturated heterocycles. The average molecular weight is 464 g/mol. The Bertz CT molecular complexity index is 1050. The van der Waals surface area contributed by atoms with Crippen LogP contribution in [0, 0.1) is 5.92 Å². The van der Waals surface area contributed by atoms with Crippen molar-refractivity contribution in [3.63, 3.8) is 0 Å². The molecule has 1 fully saturated rings. The van der Waals surface area contributed by atoms with E-state index in [0.29, 0.717) is 18.9 Å². The van der Waals surface area contributed by atoms with Crippen LogP contribution in [0.25, 0.3) is 0 Å². The Morgan fingerprint density at radius 3 is 2.39 bits per heavy atom. The maximum absolute atomic E-state index is 10.7. The summed E-state index contributed by atoms with van der Waals surface area (Å²) in [7, 11) is 0. The van der Waals surface area contributed by atoms with E-state index in [9.17, 15) is 4.79 Å². The summed E-state index contributed by atoms with van der Waals surface area (Å²) in [5, 5.41) is 9.66. The lowest BCUT2D eigenvalue weighted by atomic mass is 9.99. The number of carboxylic acids is 1. The van der Waals surface area contributed by atoms with Crippen molar-refractivity contribution in [3.05, 3.63) is 100 Å². The molecule has 1 aliphatic heterocycles. The fraction of sp³-hybridized carbons (Fsp3) is 0.321. The van der Waals surface area contributed by atoms with Crippen LogP contribution in [0.3, 0.4) is 0 Å². The number of hydrogen-bond acceptors (Lipinski definition) is 3. The van der Waals surface area contributed by atoms with Crippen LogP contribution >= 0.6 is 11.6 Å². The summed E-state index contributed by atoms with van der Waals surface area (Å²) in [6.07, 6.45) is 2.94. The molecule has 0 saturated carbocycles. The van der Waals surface area contributed by atoms with Crippen molar-refractivity contribution in [2.75, 3.05) is 13.1 Å². The highest BCUT2D eigenvalue weighted by molar-refractivity contribution is 6.31. The molecule has 3 aromatic carbocycles. The van der Waals surface area contributed by atoms with Crippen molar-refractivity contribution in [2.45, 2.75) is 38.8 Å². The van der Waals surface area contributed by atoms with Gasteiger partial charge in [-0.3, -0.25) is 9.69 Å². The molecule has 0 aromatic heterocycles. The van der Waals surface area contributed by atoms with Gasteiger partial charge in [0, 0.05) is 24.5 Å². The van der Waals surface area contributed by atoms with Gasteiger partial charge in [0.15, 0.2) is 0 Å². The molecule has 1 atom stereocenters. The van der Waals surface area contributed by atoms with Gasteiger partial charge in [-0.1, -0.05) is 66.2 Å². The van der Waals surface area contributed by atoms with Crippen LogP contribution in [0.15, 0.2) is 72.8 Å². The Morgan fingerprint density at radius 2 is 1.67 bits per heavy atom. The molecule has 4 nitrogen and oxygen atoms in total. The van der Waals surface area contributed by atoms with Crippen LogP contribution in [0.1, 0.15) is 35.1 Å². The highest BCUT2D eigenvalue weighted by atomic mass is 35.5. The third-order valence-corrected chi connectivity index (χ3v) is 6.59. The Kier molecular flexibility index (Phi) is 8.03. The van der Waals surface area contributed by atoms with Gasteiger partial charge in [-0.15, -0.1) is 0 Å². The van der Waals surface area contributed by atoms with Crippen LogP contribution in [-0.4, -0.2) is 29.1 Å². The van der Waals surface area contributed by atoms with E-state index in [1.807, 2.05) is 36.4 Å². The monoisotopic (exact) mass is 463 g/mol. The summed E-state index contributed by atoms with van der Waals surface area (Å²) >= 11 is 6.34. The molecular formula is C28H30ClNO3. The molecular weight excluding hydrogens is 434 g/mol. The standard InChI is InChI=1S/C28H30ClNO3/c29-27-4-2-1-3-25(27)17-24-15-16-30(19-24)18-22-5-7-23(8-6-22)20-33-26-12-9-21(10-13-26)11-14-28(31)32/h1-10,12-13,24H,11,14-20H2,(H,31,32). The summed E-state index contributed by atoms with van der Waals surface area (Å²) < 4.78 is 5.89. The third kappa shape index (κ3) is 7.08. The summed E-state index contributed by atoms with van der Waals surface area (Å²) in [6.45, 7) is 3.72. The summed E-state index contributed by atoms with van der Waals surface area (Å²) in [5.74, 6) is 0.674. The Morgan fingerprint density at radius 1 is 0.970 bits per heavy atom. The SMILES string of the molecule is O=C(O)CCc1ccc(OCc2ccc(CN3CCC(Cc4ccccc4Cl)C3)cc2)cc1. The van der Waals surface area contributed by atoms with E-state index in [4.69, 9.17) is 21.4 Å². The summed E-state index contributed by atoms with van der Waals surface area (Å²) in [4.78, 5) is 13.2. The van der Waals surface area contributed by atoms with Gasteiger partial charge in [0.05, 0.1) is 0 Å². The molecule has 1 aliphatic rings. The minimum Gasteiger partial charge on any atom is -0.489 e. The number of carboxylic acid groups (broad SMARTS) is 1. The number of hydrogen-bond donors (Lipinski definition) is 1. The predicted molar refractivity (Wildman–Crippen MR) is 132 cm³/mol. The molecule has 5 heteroatoms. The lowest BCUT2D eigenvalue weighted by molar-refractivity contribution is -0.136. The van der Waals surface area contributed by atoms with Crippen molar-refractivity contribution in [1.29, 1.82) is 0 Å². The molecule has 0 spiro atoms. The highest BCUT2D eigenvalue weighted by Crippen LogP contribution is 2.26. The average Bonchev–Trinajstić information content (AvgIpc) is 3.26. The minimum absolute atomic E-state index is 0.145. The molecule has 3 aromatic rings. The first-order chi connectivity index (χ1) is 16.0. The molecule has 4 rings (SSSR count). The number of halogens is 1. The summed E-state index contributed by atoms with van der Waals surface area (Å²) in [6, 6.07) is 24.5. The van der Waals surface area contributed by atoms with Crippen molar-refractivity contribution in [2.24, 2.45) is 5.92 Å². The molecule has 33 heavy (non-hydrogen) atoms. The topological polar surface area (TPSA) is 49.8 Å². The fourth-order valence-electron chi connectivity index (χ4n) is 4.37. The predicted octanol–water partition coefficient (Wildman–Crippen LogP) is 6.00. The van der Waals surface area contributed by atoms with E-state index in [2.05, 4.69) is 41.3 Å². The van der Waals surface area contributed by atoms with Crippen LogP contribution in [-0.2, 0) is 30.8 Å². The molecule has 0 aliphatic carbocycles. The second kappa shape index (κ2) is 11.4. The van der Waals surface area contributed by atoms with Gasteiger partial charge in [0.25, 0.3) is 0 Å². The zero-order valence-electron chi connectivity index (χ0n) is 18.8. The second-order valence-electron chi connectivity index (χ2n) is 8.83. The van der Waals surface area contributed by atoms with E-state index in [1.165, 1.54) is 17.5 Å². The van der Waals surface area contributed by atoms with E-state index in [-0.39, 0.29) is 6.42 Å². The number of carbonyl (C=O) groups is 1. The van der Waals surface area contributed by atoms with E-state index in [0.717, 1.165) is 48.0 Å². The van der Waals surface area contributed by atoms with Gasteiger partial charge in [0.1, 0.15) is 12.4 Å². The maximum Gasteiger partial charge on any atom is 0.303 e. The van der Waals surface area contributed by atoms with Gasteiger partial charge in [-0.25, -0.2) is 0 Å². The zero-order valence-corrected chi connectivity index (χ0v) is 19.5. The number of aliphatic carboxylic acids is 1. The molecule has 0 radical (unpaired) electrons. The third-order valence-electron chi connectivity index (χ3n) is 6.22. The fourth-order valence-corrected chi connectivity index (χ4v) is 4.58. The van der Waals surface area contributed by atoms with Gasteiger partial charge in [0.2, 0.25) is 0 Å². The normalized spacial score (nSPS) is 16.1. The number of likely N-dealkylation sites (tertiary alicyclic amines) is 1. The quantitative estimate of drug-likeness (QED) is 0.400. The van der Waals surface area contributed by atoms with Gasteiger partial charge < -0.3 is 9.84 Å². The molecule has 0 bridgehead atoms. The molecule has 172 valence electrons. The van der Waals surface area contributed by atoms with E-state index in [1.54, 1.807) is 0 Å². The Labute approximate surface area is 200 Å². The second-order valence-corrected chi connectivity index (χ2v) is 9.24. The molecule has 0 amide bonds. The minimum atomic E-state index is -0.777. The Balaban J connectivity index is 1.22. The number of rotatable bonds is 10. The van der Waals surface area contributed by atoms with Gasteiger partial charge in [-0.2, -0.15) is 0 Å². The first kappa shape index (κ1) is 23.3. The highest BCUT2D eigenvalue weighted by Gasteiger charge is 2.23. The number of nitrogens with zero attached hydrogens (tertiary/aromatic N) is 1. The number of ether oxygens (including phenoxy) is 1. The smallest absolute Gasteiger partial charge is 0.303 e. The van der Waals surface area contributed by atoms with Gasteiger partial charge in [-0.05, 0) is 72.2 Å². The number of benzene rings is 3. The van der Waals surface area contributed by atoms with Crippen molar-refractivity contribution >= 4 is 17.6 Å². The largest absolute Gasteiger partial charge is 0.489 e. The van der Waals surface area contributed by atoms with Crippen LogP contribution in [0.5, 0.6) is 5.75 Å². The van der Waals surface area contributed by atoms with Crippen LogP contribution < -0.4 is 4.74 Å². The Hall–Kier alpha value is -2.82. The first-order valence-corrected chi connectivity index (χ1v) is 11.9. The number of aryl methyl sites for hydroxylation is 1. The molecule has 1 heterocycles. The maximum atomic E-state index is 10.7. The van der Waals surface area contributed by atoms with Crippen molar-refractivity contribution in [3.8, 4) is 5.75 Å². The molecule has 1 unspecified atom stereocenters. The summed E-state index contributed by atoms with van der Waals surface area (Å²) in [5.41, 5.74) is 4.71. The van der Waals surface area contributed by atoms with Crippen LogP contribution in [0.4, 0.5) is 0 Å². The van der Waals surface area contributed by atoms with Crippen LogP contribution in [0.2, 0.25) is 5.02 Å².